The Hall–Kier alpha value is -2.73. The van der Waals surface area contributed by atoms with Crippen molar-refractivity contribution in [1.82, 2.24) is 9.88 Å². The molecule has 2 saturated heterocycles. The van der Waals surface area contributed by atoms with Crippen molar-refractivity contribution >= 4 is 17.5 Å². The highest BCUT2D eigenvalue weighted by molar-refractivity contribution is 6.01. The number of amides is 2. The summed E-state index contributed by atoms with van der Waals surface area (Å²) in [6.45, 7) is 3.64. The number of hydrogen-bond acceptors (Lipinski definition) is 4. The maximum atomic E-state index is 13.5. The van der Waals surface area contributed by atoms with E-state index in [1.807, 2.05) is 54.3 Å². The van der Waals surface area contributed by atoms with Crippen LogP contribution in [-0.4, -0.2) is 53.5 Å². The molecule has 1 unspecified atom stereocenters. The molecule has 6 heteroatoms. The first-order valence-corrected chi connectivity index (χ1v) is 9.83. The average Bonchev–Trinajstić information content (AvgIpc) is 2.88. The Morgan fingerprint density at radius 2 is 1.93 bits per heavy atom. The zero-order valence-electron chi connectivity index (χ0n) is 16.1. The highest BCUT2D eigenvalue weighted by Crippen LogP contribution is 2.32. The third-order valence-corrected chi connectivity index (χ3v) is 5.60. The molecule has 1 aromatic carbocycles. The van der Waals surface area contributed by atoms with Crippen LogP contribution in [0, 0.1) is 6.92 Å². The highest BCUT2D eigenvalue weighted by Gasteiger charge is 2.48. The van der Waals surface area contributed by atoms with E-state index < -0.39 is 5.60 Å². The molecule has 2 aliphatic rings. The lowest BCUT2D eigenvalue weighted by molar-refractivity contribution is -0.155. The van der Waals surface area contributed by atoms with Gasteiger partial charge >= 0.3 is 0 Å². The van der Waals surface area contributed by atoms with Gasteiger partial charge in [-0.15, -0.1) is 0 Å². The Labute approximate surface area is 165 Å². The van der Waals surface area contributed by atoms with Crippen LogP contribution in [0.4, 0.5) is 5.69 Å². The van der Waals surface area contributed by atoms with Crippen LogP contribution in [0.3, 0.4) is 0 Å². The number of ether oxygens (including phenoxy) is 1. The quantitative estimate of drug-likeness (QED) is 0.805. The maximum Gasteiger partial charge on any atom is 0.272 e. The van der Waals surface area contributed by atoms with Gasteiger partial charge in [0, 0.05) is 25.0 Å². The van der Waals surface area contributed by atoms with Gasteiger partial charge in [0.2, 0.25) is 0 Å². The second-order valence-electron chi connectivity index (χ2n) is 7.49. The molecule has 2 fully saturated rings. The molecule has 0 bridgehead atoms. The van der Waals surface area contributed by atoms with Crippen LogP contribution in [0.5, 0.6) is 0 Å². The number of hydrogen-bond donors (Lipinski definition) is 0. The highest BCUT2D eigenvalue weighted by atomic mass is 16.5. The number of rotatable bonds is 2. The Kier molecular flexibility index (Phi) is 5.13. The fourth-order valence-corrected chi connectivity index (χ4v) is 4.09. The van der Waals surface area contributed by atoms with Crippen molar-refractivity contribution in [3.63, 3.8) is 0 Å². The molecule has 0 radical (unpaired) electrons. The number of para-hydroxylation sites is 1. The molecule has 1 spiro atoms. The minimum absolute atomic E-state index is 0.0496. The van der Waals surface area contributed by atoms with Crippen LogP contribution in [0.15, 0.2) is 48.7 Å². The Morgan fingerprint density at radius 3 is 2.71 bits per heavy atom. The zero-order valence-corrected chi connectivity index (χ0v) is 16.1. The minimum atomic E-state index is -0.983. The molecule has 3 heterocycles. The third-order valence-electron chi connectivity index (χ3n) is 5.60. The summed E-state index contributed by atoms with van der Waals surface area (Å²) < 4.78 is 6.09. The summed E-state index contributed by atoms with van der Waals surface area (Å²) in [5, 5.41) is 0. The normalized spacial score (nSPS) is 23.0. The monoisotopic (exact) mass is 379 g/mol. The predicted molar refractivity (Wildman–Crippen MR) is 106 cm³/mol. The van der Waals surface area contributed by atoms with Gasteiger partial charge in [-0.05, 0) is 49.9 Å². The lowest BCUT2D eigenvalue weighted by Crippen LogP contribution is -2.61. The molecular weight excluding hydrogens is 354 g/mol. The topological polar surface area (TPSA) is 62.7 Å². The smallest absolute Gasteiger partial charge is 0.272 e. The van der Waals surface area contributed by atoms with Crippen LogP contribution in [0.2, 0.25) is 0 Å². The Balaban J connectivity index is 1.61. The zero-order chi connectivity index (χ0) is 19.6. The molecule has 146 valence electrons. The predicted octanol–water partition coefficient (Wildman–Crippen LogP) is 2.82. The summed E-state index contributed by atoms with van der Waals surface area (Å²) in [5.41, 5.74) is 1.18. The van der Waals surface area contributed by atoms with Crippen LogP contribution in [-0.2, 0) is 9.53 Å². The number of aromatic nitrogens is 1. The van der Waals surface area contributed by atoms with E-state index in [0.717, 1.165) is 24.1 Å². The minimum Gasteiger partial charge on any atom is -0.361 e. The van der Waals surface area contributed by atoms with Gasteiger partial charge in [0.1, 0.15) is 5.69 Å². The summed E-state index contributed by atoms with van der Waals surface area (Å²) in [7, 11) is 0. The Bertz CT molecular complexity index is 870. The molecule has 2 aliphatic heterocycles. The molecule has 1 aromatic heterocycles. The van der Waals surface area contributed by atoms with Crippen LogP contribution < -0.4 is 4.90 Å². The number of pyridine rings is 1. The van der Waals surface area contributed by atoms with E-state index in [-0.39, 0.29) is 18.4 Å². The summed E-state index contributed by atoms with van der Waals surface area (Å²) >= 11 is 0. The van der Waals surface area contributed by atoms with Crippen molar-refractivity contribution in [2.75, 3.05) is 31.1 Å². The molecule has 2 aromatic rings. The molecular formula is C22H25N3O3. The van der Waals surface area contributed by atoms with E-state index in [2.05, 4.69) is 4.98 Å². The van der Waals surface area contributed by atoms with Gasteiger partial charge in [-0.1, -0.05) is 24.3 Å². The average molecular weight is 379 g/mol. The van der Waals surface area contributed by atoms with Crippen molar-refractivity contribution in [3.05, 3.63) is 59.9 Å². The van der Waals surface area contributed by atoms with Crippen molar-refractivity contribution in [1.29, 1.82) is 0 Å². The first-order valence-electron chi connectivity index (χ1n) is 9.83. The van der Waals surface area contributed by atoms with Gasteiger partial charge < -0.3 is 14.5 Å². The number of aryl methyl sites for hydroxylation is 1. The van der Waals surface area contributed by atoms with E-state index in [9.17, 15) is 9.59 Å². The van der Waals surface area contributed by atoms with Crippen LogP contribution >= 0.6 is 0 Å². The summed E-state index contributed by atoms with van der Waals surface area (Å²) in [6, 6.07) is 13.4. The van der Waals surface area contributed by atoms with Crippen LogP contribution in [0.25, 0.3) is 0 Å². The summed E-state index contributed by atoms with van der Waals surface area (Å²) in [5.74, 6) is -0.185. The number of carbonyl (C=O) groups excluding carboxylic acids is 2. The lowest BCUT2D eigenvalue weighted by Gasteiger charge is -2.42. The second-order valence-corrected chi connectivity index (χ2v) is 7.49. The SMILES string of the molecule is Cc1cccnc1C(=O)N1CCOC2(CCCCN(c3ccccc3)C2=O)C1. The fraction of sp³-hybridized carbons (Fsp3) is 0.409. The largest absolute Gasteiger partial charge is 0.361 e. The molecule has 0 saturated carbocycles. The van der Waals surface area contributed by atoms with Gasteiger partial charge in [-0.2, -0.15) is 0 Å². The van der Waals surface area contributed by atoms with Crippen molar-refractivity contribution < 1.29 is 14.3 Å². The maximum absolute atomic E-state index is 13.5. The molecule has 2 amide bonds. The Morgan fingerprint density at radius 1 is 1.11 bits per heavy atom. The first-order chi connectivity index (χ1) is 13.6. The molecule has 1 atom stereocenters. The van der Waals surface area contributed by atoms with Crippen molar-refractivity contribution in [2.45, 2.75) is 31.8 Å². The van der Waals surface area contributed by atoms with Gasteiger partial charge in [0.05, 0.1) is 13.2 Å². The molecule has 0 aliphatic carbocycles. The molecule has 0 N–H and O–H groups in total. The summed E-state index contributed by atoms with van der Waals surface area (Å²) in [6.07, 6.45) is 4.06. The van der Waals surface area contributed by atoms with Crippen LogP contribution in [0.1, 0.15) is 35.3 Å². The number of carbonyl (C=O) groups is 2. The lowest BCUT2D eigenvalue weighted by atomic mass is 9.93. The second kappa shape index (κ2) is 7.72. The molecule has 28 heavy (non-hydrogen) atoms. The number of morpholine rings is 1. The van der Waals surface area contributed by atoms with E-state index in [4.69, 9.17) is 4.74 Å². The van der Waals surface area contributed by atoms with E-state index >= 15 is 0 Å². The van der Waals surface area contributed by atoms with Crippen molar-refractivity contribution in [3.8, 4) is 0 Å². The van der Waals surface area contributed by atoms with E-state index in [0.29, 0.717) is 31.8 Å². The molecule has 6 nitrogen and oxygen atoms in total. The summed E-state index contributed by atoms with van der Waals surface area (Å²) in [4.78, 5) is 34.4. The number of anilines is 1. The van der Waals surface area contributed by atoms with Gasteiger partial charge in [-0.3, -0.25) is 14.6 Å². The first kappa shape index (κ1) is 18.6. The van der Waals surface area contributed by atoms with Gasteiger partial charge in [0.15, 0.2) is 5.60 Å². The van der Waals surface area contributed by atoms with Gasteiger partial charge in [0.25, 0.3) is 11.8 Å². The third kappa shape index (κ3) is 3.40. The van der Waals surface area contributed by atoms with Crippen molar-refractivity contribution in [2.24, 2.45) is 0 Å². The fourth-order valence-electron chi connectivity index (χ4n) is 4.09. The number of nitrogens with zero attached hydrogens (tertiary/aromatic N) is 3. The van der Waals surface area contributed by atoms with Gasteiger partial charge in [-0.25, -0.2) is 0 Å². The standard InChI is InChI=1S/C22H25N3O3/c1-17-8-7-12-23-19(17)20(26)24-14-15-28-22(16-24)11-5-6-13-25(21(22)27)18-9-3-2-4-10-18/h2-4,7-10,12H,5-6,11,13-16H2,1H3. The number of benzene rings is 1. The molecule has 4 rings (SSSR count). The van der Waals surface area contributed by atoms with E-state index in [1.54, 1.807) is 11.1 Å². The van der Waals surface area contributed by atoms with E-state index in [1.165, 1.54) is 0 Å².